The molecule has 0 saturated carbocycles. The molecule has 5 rings (SSSR count). The SMILES string of the molecule is COc1ccc(OCCOCCOCCOCCOCCOCCO)c(C(=O)c2ccc(C(=O)N[C@@H]3CNC[C@@H]3NC(=O)c3ccc4c(c3)CN=C4)cc2)c1OC.Cl. The molecular weight excluding hydrogens is 776 g/mol. The molecule has 3 aromatic carbocycles. The predicted octanol–water partition coefficient (Wildman–Crippen LogP) is 2.24. The summed E-state index contributed by atoms with van der Waals surface area (Å²) in [4.78, 5) is 44.5. The van der Waals surface area contributed by atoms with Gasteiger partial charge in [0.15, 0.2) is 11.5 Å². The van der Waals surface area contributed by atoms with E-state index in [0.29, 0.717) is 102 Å². The van der Waals surface area contributed by atoms with Gasteiger partial charge in [0, 0.05) is 36.0 Å². The number of fused-ring (bicyclic) bond motifs is 1. The highest BCUT2D eigenvalue weighted by atomic mass is 35.5. The summed E-state index contributed by atoms with van der Waals surface area (Å²) in [6.45, 7) is 5.56. The molecule has 316 valence electrons. The number of aliphatic hydroxyl groups excluding tert-OH is 1. The first-order valence-corrected chi connectivity index (χ1v) is 18.9. The lowest BCUT2D eigenvalue weighted by molar-refractivity contribution is -0.0146. The van der Waals surface area contributed by atoms with Crippen LogP contribution in [0.25, 0.3) is 0 Å². The highest BCUT2D eigenvalue weighted by Crippen LogP contribution is 2.39. The molecule has 0 spiro atoms. The van der Waals surface area contributed by atoms with Crippen LogP contribution in [-0.2, 0) is 30.2 Å². The molecule has 1 fully saturated rings. The molecule has 2 aliphatic rings. The van der Waals surface area contributed by atoms with E-state index in [1.165, 1.54) is 14.2 Å². The normalized spacial score (nSPS) is 15.4. The van der Waals surface area contributed by atoms with Gasteiger partial charge in [-0.15, -0.1) is 12.4 Å². The van der Waals surface area contributed by atoms with Crippen LogP contribution in [0.2, 0.25) is 0 Å². The highest BCUT2D eigenvalue weighted by molar-refractivity contribution is 6.13. The van der Waals surface area contributed by atoms with Crippen molar-refractivity contribution in [1.29, 1.82) is 0 Å². The summed E-state index contributed by atoms with van der Waals surface area (Å²) >= 11 is 0. The third-order valence-electron chi connectivity index (χ3n) is 9.10. The van der Waals surface area contributed by atoms with Crippen LogP contribution in [0.1, 0.15) is 47.8 Å². The highest BCUT2D eigenvalue weighted by Gasteiger charge is 2.31. The molecule has 1 saturated heterocycles. The number of ketones is 1. The maximum atomic E-state index is 13.9. The smallest absolute Gasteiger partial charge is 0.251 e. The van der Waals surface area contributed by atoms with Crippen LogP contribution in [0.5, 0.6) is 17.2 Å². The van der Waals surface area contributed by atoms with Crippen molar-refractivity contribution in [2.45, 2.75) is 18.6 Å². The number of nitrogens with one attached hydrogen (secondary N) is 3. The number of halogens is 1. The Labute approximate surface area is 344 Å². The summed E-state index contributed by atoms with van der Waals surface area (Å²) in [5.74, 6) is -0.0820. The zero-order chi connectivity index (χ0) is 40.2. The Bertz CT molecular complexity index is 1800. The third kappa shape index (κ3) is 13.5. The number of amides is 2. The molecule has 58 heavy (non-hydrogen) atoms. The molecule has 2 heterocycles. The molecule has 2 amide bonds. The van der Waals surface area contributed by atoms with E-state index < -0.39 is 0 Å². The standard InChI is InChI=1S/C41H52N4O12.ClH/c1-50-36-10-9-35(57-22-21-56-20-19-55-18-17-54-16-15-53-14-13-52-12-11-46)37(39(36)51-2)38(47)28-3-5-29(6-4-28)40(48)44-33-26-43-27-34(33)45-41(49)30-7-8-31-24-42-25-32(31)23-30;/h3-10,23-24,33-34,43,46H,11-22,25-27H2,1-2H3,(H,44,48)(H,45,49);1H/t33-,34+;/m1./s1. The Balaban J connectivity index is 0.00000744. The van der Waals surface area contributed by atoms with Crippen molar-refractivity contribution in [3.8, 4) is 17.2 Å². The van der Waals surface area contributed by atoms with Gasteiger partial charge < -0.3 is 59.0 Å². The molecule has 0 bridgehead atoms. The number of hydrogen-bond acceptors (Lipinski definition) is 14. The number of nitrogens with zero attached hydrogens (tertiary/aromatic N) is 1. The van der Waals surface area contributed by atoms with Crippen LogP contribution in [0, 0.1) is 0 Å². The second-order valence-corrected chi connectivity index (χ2v) is 12.9. The largest absolute Gasteiger partial charge is 0.493 e. The minimum absolute atomic E-state index is 0. The molecule has 17 heteroatoms. The number of rotatable bonds is 26. The van der Waals surface area contributed by atoms with Gasteiger partial charge in [-0.05, 0) is 47.5 Å². The van der Waals surface area contributed by atoms with Gasteiger partial charge in [0.2, 0.25) is 5.78 Å². The summed E-state index contributed by atoms with van der Waals surface area (Å²) in [5.41, 5.74) is 3.40. The summed E-state index contributed by atoms with van der Waals surface area (Å²) in [5, 5.41) is 17.9. The van der Waals surface area contributed by atoms with Gasteiger partial charge in [-0.1, -0.05) is 18.2 Å². The Kier molecular flexibility index (Phi) is 19.8. The van der Waals surface area contributed by atoms with Crippen molar-refractivity contribution in [1.82, 2.24) is 16.0 Å². The predicted molar refractivity (Wildman–Crippen MR) is 216 cm³/mol. The number of hydrogen-bond donors (Lipinski definition) is 4. The third-order valence-corrected chi connectivity index (χ3v) is 9.10. The van der Waals surface area contributed by atoms with Crippen molar-refractivity contribution in [2.24, 2.45) is 4.99 Å². The molecule has 16 nitrogen and oxygen atoms in total. The Morgan fingerprint density at radius 3 is 1.76 bits per heavy atom. The number of aliphatic hydroxyl groups is 1. The van der Waals surface area contributed by atoms with E-state index in [0.717, 1.165) is 11.1 Å². The maximum absolute atomic E-state index is 13.9. The van der Waals surface area contributed by atoms with E-state index >= 15 is 0 Å². The van der Waals surface area contributed by atoms with E-state index in [2.05, 4.69) is 20.9 Å². The topological polar surface area (TPSA) is 194 Å². The van der Waals surface area contributed by atoms with Gasteiger partial charge in [0.25, 0.3) is 11.8 Å². The van der Waals surface area contributed by atoms with Crippen LogP contribution >= 0.6 is 12.4 Å². The van der Waals surface area contributed by atoms with Crippen LogP contribution in [-0.4, -0.2) is 148 Å². The molecule has 0 aromatic heterocycles. The number of aliphatic imine (C=N–C) groups is 1. The fourth-order valence-corrected chi connectivity index (χ4v) is 6.16. The van der Waals surface area contributed by atoms with Gasteiger partial charge in [-0.3, -0.25) is 19.4 Å². The van der Waals surface area contributed by atoms with E-state index in [1.807, 2.05) is 12.1 Å². The average Bonchev–Trinajstić information content (AvgIpc) is 3.90. The molecule has 2 aliphatic heterocycles. The van der Waals surface area contributed by atoms with Crippen molar-refractivity contribution in [2.75, 3.05) is 107 Å². The van der Waals surface area contributed by atoms with Crippen LogP contribution < -0.4 is 30.2 Å². The Hall–Kier alpha value is -4.65. The number of carbonyl (C=O) groups is 3. The first-order valence-electron chi connectivity index (χ1n) is 18.9. The Morgan fingerprint density at radius 1 is 0.672 bits per heavy atom. The summed E-state index contributed by atoms with van der Waals surface area (Å²) in [6.07, 6.45) is 1.80. The van der Waals surface area contributed by atoms with E-state index in [4.69, 9.17) is 43.0 Å². The molecule has 3 aromatic rings. The lowest BCUT2D eigenvalue weighted by Gasteiger charge is -2.21. The van der Waals surface area contributed by atoms with E-state index in [-0.39, 0.29) is 79.0 Å². The van der Waals surface area contributed by atoms with Gasteiger partial charge in [-0.2, -0.15) is 0 Å². The van der Waals surface area contributed by atoms with E-state index in [1.54, 1.807) is 48.7 Å². The summed E-state index contributed by atoms with van der Waals surface area (Å²) in [6, 6.07) is 14.4. The van der Waals surface area contributed by atoms with Crippen molar-refractivity contribution in [3.63, 3.8) is 0 Å². The molecule has 4 N–H and O–H groups in total. The van der Waals surface area contributed by atoms with Crippen molar-refractivity contribution < 1.29 is 57.4 Å². The minimum atomic E-state index is -0.385. The van der Waals surface area contributed by atoms with Gasteiger partial charge in [-0.25, -0.2) is 0 Å². The first kappa shape index (κ1) is 46.0. The fourth-order valence-electron chi connectivity index (χ4n) is 6.16. The zero-order valence-corrected chi connectivity index (χ0v) is 33.6. The van der Waals surface area contributed by atoms with Gasteiger partial charge in [0.1, 0.15) is 17.9 Å². The lowest BCUT2D eigenvalue weighted by atomic mass is 9.99. The zero-order valence-electron chi connectivity index (χ0n) is 32.8. The quantitative estimate of drug-likeness (QED) is 0.0681. The van der Waals surface area contributed by atoms with Crippen molar-refractivity contribution >= 4 is 36.2 Å². The molecule has 0 aliphatic carbocycles. The van der Waals surface area contributed by atoms with Crippen LogP contribution in [0.15, 0.2) is 59.6 Å². The summed E-state index contributed by atoms with van der Waals surface area (Å²) < 4.78 is 44.1. The second-order valence-electron chi connectivity index (χ2n) is 12.9. The summed E-state index contributed by atoms with van der Waals surface area (Å²) in [7, 11) is 2.93. The first-order chi connectivity index (χ1) is 27.9. The maximum Gasteiger partial charge on any atom is 0.251 e. The van der Waals surface area contributed by atoms with Crippen molar-refractivity contribution in [3.05, 3.63) is 88.0 Å². The number of carbonyl (C=O) groups excluding carboxylic acids is 3. The van der Waals surface area contributed by atoms with Gasteiger partial charge >= 0.3 is 0 Å². The van der Waals surface area contributed by atoms with Crippen LogP contribution in [0.4, 0.5) is 0 Å². The van der Waals surface area contributed by atoms with Crippen LogP contribution in [0.3, 0.4) is 0 Å². The molecule has 2 atom stereocenters. The molecule has 0 unspecified atom stereocenters. The molecular formula is C41H53ClN4O12. The fraction of sp³-hybridized carbons (Fsp3) is 0.463. The molecule has 0 radical (unpaired) electrons. The second kappa shape index (κ2) is 25.0. The number of ether oxygens (including phenoxy) is 8. The van der Waals surface area contributed by atoms with Gasteiger partial charge in [0.05, 0.1) is 106 Å². The Morgan fingerprint density at radius 2 is 1.19 bits per heavy atom. The number of methoxy groups -OCH3 is 2. The minimum Gasteiger partial charge on any atom is -0.493 e. The lowest BCUT2D eigenvalue weighted by Crippen LogP contribution is -2.51. The van der Waals surface area contributed by atoms with E-state index in [9.17, 15) is 14.4 Å². The number of benzene rings is 3. The average molecular weight is 829 g/mol. The monoisotopic (exact) mass is 828 g/mol.